The molecule has 0 aliphatic carbocycles. The van der Waals surface area contributed by atoms with Gasteiger partial charge < -0.3 is 10.1 Å². The highest BCUT2D eigenvalue weighted by Crippen LogP contribution is 2.21. The van der Waals surface area contributed by atoms with Crippen molar-refractivity contribution >= 4 is 11.6 Å². The number of hydrogen-bond donors (Lipinski definition) is 1. The molecular formula is C17H20ClNO. The number of hydrogen-bond acceptors (Lipinski definition) is 2. The second kappa shape index (κ2) is 7.32. The summed E-state index contributed by atoms with van der Waals surface area (Å²) in [5.41, 5.74) is 3.48. The quantitative estimate of drug-likeness (QED) is 0.854. The number of nitrogens with one attached hydrogen (secondary N) is 1. The number of ether oxygens (including phenoxy) is 1. The molecule has 0 aromatic heterocycles. The molecule has 0 saturated heterocycles. The minimum absolute atomic E-state index is 0.570. The van der Waals surface area contributed by atoms with Crippen LogP contribution in [0.1, 0.15) is 23.6 Å². The summed E-state index contributed by atoms with van der Waals surface area (Å²) in [5, 5.41) is 4.09. The molecule has 0 fully saturated rings. The summed E-state index contributed by atoms with van der Waals surface area (Å²) >= 11 is 6.00. The molecule has 2 aromatic carbocycles. The number of rotatable bonds is 6. The number of benzene rings is 2. The van der Waals surface area contributed by atoms with E-state index in [4.69, 9.17) is 16.3 Å². The Balaban J connectivity index is 1.97. The highest BCUT2D eigenvalue weighted by Gasteiger charge is 2.00. The van der Waals surface area contributed by atoms with Gasteiger partial charge in [0.1, 0.15) is 12.4 Å². The fourth-order valence-corrected chi connectivity index (χ4v) is 2.09. The summed E-state index contributed by atoms with van der Waals surface area (Å²) in [4.78, 5) is 0. The monoisotopic (exact) mass is 289 g/mol. The number of aryl methyl sites for hydroxylation is 1. The van der Waals surface area contributed by atoms with E-state index in [1.165, 1.54) is 11.1 Å². The molecule has 106 valence electrons. The fraction of sp³-hybridized carbons (Fsp3) is 0.294. The van der Waals surface area contributed by atoms with E-state index in [-0.39, 0.29) is 0 Å². The summed E-state index contributed by atoms with van der Waals surface area (Å²) in [6, 6.07) is 14.2. The average molecular weight is 290 g/mol. The topological polar surface area (TPSA) is 21.3 Å². The molecule has 0 saturated carbocycles. The molecule has 0 unspecified atom stereocenters. The maximum absolute atomic E-state index is 6.00. The Morgan fingerprint density at radius 3 is 2.65 bits per heavy atom. The standard InChI is InChI=1S/C17H20ClNO/c1-3-19-11-14-5-4-6-15(10-14)12-20-16-7-8-17(18)13(2)9-16/h4-10,19H,3,11-12H2,1-2H3. The first kappa shape index (κ1) is 14.9. The molecule has 0 amide bonds. The van der Waals surface area contributed by atoms with Crippen LogP contribution in [-0.2, 0) is 13.2 Å². The molecule has 0 atom stereocenters. The third-order valence-electron chi connectivity index (χ3n) is 3.11. The van der Waals surface area contributed by atoms with Gasteiger partial charge in [-0.2, -0.15) is 0 Å². The Morgan fingerprint density at radius 1 is 1.10 bits per heavy atom. The number of halogens is 1. The smallest absolute Gasteiger partial charge is 0.120 e. The normalized spacial score (nSPS) is 10.6. The molecule has 20 heavy (non-hydrogen) atoms. The fourth-order valence-electron chi connectivity index (χ4n) is 1.97. The first-order valence-corrected chi connectivity index (χ1v) is 7.24. The lowest BCUT2D eigenvalue weighted by Crippen LogP contribution is -2.11. The molecule has 2 nitrogen and oxygen atoms in total. The van der Waals surface area contributed by atoms with Gasteiger partial charge in [0.2, 0.25) is 0 Å². The zero-order valence-electron chi connectivity index (χ0n) is 11.9. The Kier molecular flexibility index (Phi) is 5.45. The Labute approximate surface area is 125 Å². The molecule has 0 heterocycles. The molecule has 2 rings (SSSR count). The van der Waals surface area contributed by atoms with Crippen LogP contribution in [0.5, 0.6) is 5.75 Å². The Bertz CT molecular complexity index is 569. The summed E-state index contributed by atoms with van der Waals surface area (Å²) in [7, 11) is 0. The van der Waals surface area contributed by atoms with Crippen LogP contribution in [0.3, 0.4) is 0 Å². The van der Waals surface area contributed by atoms with Gasteiger partial charge in [0.05, 0.1) is 0 Å². The van der Waals surface area contributed by atoms with Crippen molar-refractivity contribution in [1.29, 1.82) is 0 Å². The van der Waals surface area contributed by atoms with Crippen molar-refractivity contribution < 1.29 is 4.74 Å². The highest BCUT2D eigenvalue weighted by atomic mass is 35.5. The van der Waals surface area contributed by atoms with Crippen molar-refractivity contribution in [1.82, 2.24) is 5.32 Å². The van der Waals surface area contributed by atoms with E-state index in [1.807, 2.05) is 25.1 Å². The van der Waals surface area contributed by atoms with Crippen molar-refractivity contribution in [3.8, 4) is 5.75 Å². The second-order valence-corrected chi connectivity index (χ2v) is 5.21. The van der Waals surface area contributed by atoms with Crippen molar-refractivity contribution in [2.75, 3.05) is 6.54 Å². The molecule has 0 radical (unpaired) electrons. The van der Waals surface area contributed by atoms with Crippen LogP contribution in [0.4, 0.5) is 0 Å². The first-order valence-electron chi connectivity index (χ1n) is 6.86. The molecule has 0 spiro atoms. The van der Waals surface area contributed by atoms with E-state index in [0.717, 1.165) is 29.4 Å². The van der Waals surface area contributed by atoms with Crippen molar-refractivity contribution in [3.05, 3.63) is 64.2 Å². The van der Waals surface area contributed by atoms with Crippen LogP contribution in [0.2, 0.25) is 5.02 Å². The van der Waals surface area contributed by atoms with Gasteiger partial charge >= 0.3 is 0 Å². The predicted octanol–water partition coefficient (Wildman–Crippen LogP) is 4.34. The van der Waals surface area contributed by atoms with E-state index in [0.29, 0.717) is 6.61 Å². The molecule has 0 aliphatic heterocycles. The van der Waals surface area contributed by atoms with Crippen LogP contribution >= 0.6 is 11.6 Å². The molecule has 1 N–H and O–H groups in total. The Hall–Kier alpha value is -1.51. The molecule has 3 heteroatoms. The third-order valence-corrected chi connectivity index (χ3v) is 3.53. The van der Waals surface area contributed by atoms with Gasteiger partial charge in [-0.05, 0) is 48.4 Å². The largest absolute Gasteiger partial charge is 0.489 e. The van der Waals surface area contributed by atoms with Gasteiger partial charge in [-0.1, -0.05) is 42.8 Å². The minimum atomic E-state index is 0.570. The van der Waals surface area contributed by atoms with Crippen LogP contribution in [0.15, 0.2) is 42.5 Å². The van der Waals surface area contributed by atoms with Gasteiger partial charge in [-0.15, -0.1) is 0 Å². The van der Waals surface area contributed by atoms with Crippen molar-refractivity contribution in [3.63, 3.8) is 0 Å². The van der Waals surface area contributed by atoms with Gasteiger partial charge in [0.15, 0.2) is 0 Å². The summed E-state index contributed by atoms with van der Waals surface area (Å²) < 4.78 is 5.81. The lowest BCUT2D eigenvalue weighted by molar-refractivity contribution is 0.306. The van der Waals surface area contributed by atoms with Gasteiger partial charge in [-0.25, -0.2) is 0 Å². The minimum Gasteiger partial charge on any atom is -0.489 e. The highest BCUT2D eigenvalue weighted by molar-refractivity contribution is 6.31. The van der Waals surface area contributed by atoms with Gasteiger partial charge in [-0.3, -0.25) is 0 Å². The van der Waals surface area contributed by atoms with E-state index < -0.39 is 0 Å². The molecular weight excluding hydrogens is 270 g/mol. The van der Waals surface area contributed by atoms with E-state index in [2.05, 4.69) is 36.5 Å². The van der Waals surface area contributed by atoms with Crippen LogP contribution < -0.4 is 10.1 Å². The van der Waals surface area contributed by atoms with Crippen molar-refractivity contribution in [2.24, 2.45) is 0 Å². The lowest BCUT2D eigenvalue weighted by Gasteiger charge is -2.09. The van der Waals surface area contributed by atoms with E-state index >= 15 is 0 Å². The van der Waals surface area contributed by atoms with Crippen LogP contribution in [0, 0.1) is 6.92 Å². The van der Waals surface area contributed by atoms with Gasteiger partial charge in [0.25, 0.3) is 0 Å². The van der Waals surface area contributed by atoms with Crippen LogP contribution in [-0.4, -0.2) is 6.54 Å². The maximum Gasteiger partial charge on any atom is 0.120 e. The zero-order chi connectivity index (χ0) is 14.4. The molecule has 0 aliphatic rings. The van der Waals surface area contributed by atoms with Crippen molar-refractivity contribution in [2.45, 2.75) is 27.0 Å². The van der Waals surface area contributed by atoms with E-state index in [9.17, 15) is 0 Å². The predicted molar refractivity (Wildman–Crippen MR) is 84.3 cm³/mol. The van der Waals surface area contributed by atoms with Crippen LogP contribution in [0.25, 0.3) is 0 Å². The Morgan fingerprint density at radius 2 is 1.90 bits per heavy atom. The summed E-state index contributed by atoms with van der Waals surface area (Å²) in [6.07, 6.45) is 0. The third kappa shape index (κ3) is 4.26. The summed E-state index contributed by atoms with van der Waals surface area (Å²) in [5.74, 6) is 0.851. The first-order chi connectivity index (χ1) is 9.69. The lowest BCUT2D eigenvalue weighted by atomic mass is 10.1. The van der Waals surface area contributed by atoms with Gasteiger partial charge in [0, 0.05) is 11.6 Å². The van der Waals surface area contributed by atoms with E-state index in [1.54, 1.807) is 0 Å². The molecule has 2 aromatic rings. The second-order valence-electron chi connectivity index (χ2n) is 4.80. The molecule has 0 bridgehead atoms. The SMILES string of the molecule is CCNCc1cccc(COc2ccc(Cl)c(C)c2)c1. The zero-order valence-corrected chi connectivity index (χ0v) is 12.7. The summed E-state index contributed by atoms with van der Waals surface area (Å²) in [6.45, 7) is 6.53. The maximum atomic E-state index is 6.00. The average Bonchev–Trinajstić information content (AvgIpc) is 2.47.